The highest BCUT2D eigenvalue weighted by Gasteiger charge is 2.19. The van der Waals surface area contributed by atoms with Crippen molar-refractivity contribution in [1.82, 2.24) is 5.32 Å². The summed E-state index contributed by atoms with van der Waals surface area (Å²) in [4.78, 5) is 11.6. The Kier molecular flexibility index (Phi) is 5.82. The Morgan fingerprint density at radius 3 is 2.62 bits per heavy atom. The predicted molar refractivity (Wildman–Crippen MR) is 75.9 cm³/mol. The Morgan fingerprint density at radius 2 is 2.10 bits per heavy atom. The van der Waals surface area contributed by atoms with Crippen molar-refractivity contribution in [2.24, 2.45) is 5.14 Å². The number of methoxy groups -OCH3 is 1. The standard InChI is InChI=1S/C13H19FN2O4S/c1-8(4-5-20-3)16-13(17)10-6-11(14)9(2)12(7-10)21(15,18)19/h6-8H,4-5H2,1-3H3,(H,16,17)(H2,15,18,19). The molecule has 118 valence electrons. The maximum Gasteiger partial charge on any atom is 0.251 e. The Bertz CT molecular complexity index is 631. The molecule has 8 heteroatoms. The highest BCUT2D eigenvalue weighted by molar-refractivity contribution is 7.89. The van der Waals surface area contributed by atoms with Crippen molar-refractivity contribution < 1.29 is 22.3 Å². The van der Waals surface area contributed by atoms with Crippen LogP contribution in [0.25, 0.3) is 0 Å². The summed E-state index contributed by atoms with van der Waals surface area (Å²) in [5, 5.41) is 7.65. The predicted octanol–water partition coefficient (Wildman–Crippen LogP) is 0.936. The van der Waals surface area contributed by atoms with Gasteiger partial charge in [-0.25, -0.2) is 17.9 Å². The number of carbonyl (C=O) groups excluding carboxylic acids is 1. The van der Waals surface area contributed by atoms with Crippen LogP contribution in [0.3, 0.4) is 0 Å². The summed E-state index contributed by atoms with van der Waals surface area (Å²) in [6.45, 7) is 3.52. The number of ether oxygens (including phenoxy) is 1. The van der Waals surface area contributed by atoms with Gasteiger partial charge in [0.15, 0.2) is 0 Å². The number of benzene rings is 1. The molecule has 3 N–H and O–H groups in total. The third-order valence-corrected chi connectivity index (χ3v) is 4.03. The molecular formula is C13H19FN2O4S. The number of carbonyl (C=O) groups is 1. The van der Waals surface area contributed by atoms with Gasteiger partial charge in [0.1, 0.15) is 5.82 Å². The van der Waals surface area contributed by atoms with Gasteiger partial charge in [-0.15, -0.1) is 0 Å². The van der Waals surface area contributed by atoms with E-state index in [-0.39, 0.29) is 17.2 Å². The molecule has 1 aromatic carbocycles. The number of nitrogens with two attached hydrogens (primary N) is 1. The fraction of sp³-hybridized carbons (Fsp3) is 0.462. The molecule has 0 radical (unpaired) electrons. The van der Waals surface area contributed by atoms with Gasteiger partial charge in [0.05, 0.1) is 4.90 Å². The Labute approximate surface area is 123 Å². The molecule has 1 unspecified atom stereocenters. The van der Waals surface area contributed by atoms with Gasteiger partial charge in [-0.05, 0) is 32.4 Å². The van der Waals surface area contributed by atoms with Crippen molar-refractivity contribution in [1.29, 1.82) is 0 Å². The van der Waals surface area contributed by atoms with Gasteiger partial charge in [-0.1, -0.05) is 0 Å². The molecule has 1 rings (SSSR count). The van der Waals surface area contributed by atoms with Gasteiger partial charge in [0.25, 0.3) is 5.91 Å². The van der Waals surface area contributed by atoms with E-state index in [4.69, 9.17) is 9.88 Å². The maximum absolute atomic E-state index is 13.8. The first kappa shape index (κ1) is 17.5. The van der Waals surface area contributed by atoms with E-state index in [1.54, 1.807) is 14.0 Å². The number of hydrogen-bond donors (Lipinski definition) is 2. The Hall–Kier alpha value is -1.51. The van der Waals surface area contributed by atoms with Crippen molar-refractivity contribution in [3.05, 3.63) is 29.1 Å². The first-order chi connectivity index (χ1) is 9.66. The van der Waals surface area contributed by atoms with Gasteiger partial charge < -0.3 is 10.1 Å². The zero-order valence-corrected chi connectivity index (χ0v) is 13.0. The number of sulfonamides is 1. The number of halogens is 1. The largest absolute Gasteiger partial charge is 0.385 e. The summed E-state index contributed by atoms with van der Waals surface area (Å²) in [7, 11) is -2.55. The molecule has 0 aliphatic rings. The van der Waals surface area contributed by atoms with Crippen LogP contribution in [-0.2, 0) is 14.8 Å². The minimum absolute atomic E-state index is 0.0913. The van der Waals surface area contributed by atoms with Gasteiger partial charge in [-0.3, -0.25) is 4.79 Å². The molecule has 6 nitrogen and oxygen atoms in total. The van der Waals surface area contributed by atoms with E-state index in [0.717, 1.165) is 12.1 Å². The Balaban J connectivity index is 3.04. The van der Waals surface area contributed by atoms with Crippen molar-refractivity contribution in [2.75, 3.05) is 13.7 Å². The number of primary sulfonamides is 1. The number of rotatable bonds is 6. The van der Waals surface area contributed by atoms with Crippen LogP contribution in [0, 0.1) is 12.7 Å². The van der Waals surface area contributed by atoms with Crippen LogP contribution in [0.2, 0.25) is 0 Å². The molecule has 0 bridgehead atoms. The summed E-state index contributed by atoms with van der Waals surface area (Å²) in [5.41, 5.74) is -0.201. The molecule has 0 saturated carbocycles. The first-order valence-corrected chi connectivity index (χ1v) is 7.84. The van der Waals surface area contributed by atoms with E-state index in [1.165, 1.54) is 6.92 Å². The van der Waals surface area contributed by atoms with Crippen LogP contribution >= 0.6 is 0 Å². The van der Waals surface area contributed by atoms with Gasteiger partial charge in [0, 0.05) is 30.9 Å². The lowest BCUT2D eigenvalue weighted by Gasteiger charge is -2.14. The fourth-order valence-corrected chi connectivity index (χ4v) is 2.57. The van der Waals surface area contributed by atoms with Crippen LogP contribution in [0.5, 0.6) is 0 Å². The summed E-state index contributed by atoms with van der Waals surface area (Å²) in [6.07, 6.45) is 0.582. The molecule has 0 aliphatic carbocycles. The maximum atomic E-state index is 13.8. The average Bonchev–Trinajstić information content (AvgIpc) is 2.37. The summed E-state index contributed by atoms with van der Waals surface area (Å²) < 4.78 is 41.5. The lowest BCUT2D eigenvalue weighted by atomic mass is 10.1. The number of nitrogens with one attached hydrogen (secondary N) is 1. The van der Waals surface area contributed by atoms with E-state index in [9.17, 15) is 17.6 Å². The molecule has 0 spiro atoms. The van der Waals surface area contributed by atoms with Crippen LogP contribution in [0.1, 0.15) is 29.3 Å². The summed E-state index contributed by atoms with van der Waals surface area (Å²) in [5.74, 6) is -1.36. The molecular weight excluding hydrogens is 299 g/mol. The number of amides is 1. The van der Waals surface area contributed by atoms with E-state index in [1.807, 2.05) is 0 Å². The SMILES string of the molecule is COCCC(C)NC(=O)c1cc(F)c(C)c(S(N)(=O)=O)c1. The second-order valence-electron chi connectivity index (χ2n) is 4.78. The topological polar surface area (TPSA) is 98.5 Å². The van der Waals surface area contributed by atoms with Gasteiger partial charge in [-0.2, -0.15) is 0 Å². The monoisotopic (exact) mass is 318 g/mol. The van der Waals surface area contributed by atoms with Crippen molar-refractivity contribution in [2.45, 2.75) is 31.2 Å². The molecule has 0 aromatic heterocycles. The second-order valence-corrected chi connectivity index (χ2v) is 6.31. The molecule has 0 fully saturated rings. The molecule has 0 saturated heterocycles. The van der Waals surface area contributed by atoms with Gasteiger partial charge in [0.2, 0.25) is 10.0 Å². The fourth-order valence-electron chi connectivity index (χ4n) is 1.75. The molecule has 0 heterocycles. The zero-order chi connectivity index (χ0) is 16.2. The Morgan fingerprint density at radius 1 is 1.48 bits per heavy atom. The van der Waals surface area contributed by atoms with Crippen LogP contribution in [0.15, 0.2) is 17.0 Å². The minimum Gasteiger partial charge on any atom is -0.385 e. The third kappa shape index (κ3) is 4.76. The second kappa shape index (κ2) is 6.97. The van der Waals surface area contributed by atoms with Crippen LogP contribution in [0.4, 0.5) is 4.39 Å². The van der Waals surface area contributed by atoms with Crippen molar-refractivity contribution in [3.8, 4) is 0 Å². The third-order valence-electron chi connectivity index (χ3n) is 3.00. The first-order valence-electron chi connectivity index (χ1n) is 6.29. The molecule has 1 amide bonds. The van der Waals surface area contributed by atoms with E-state index < -0.39 is 26.6 Å². The highest BCUT2D eigenvalue weighted by atomic mass is 32.2. The lowest BCUT2D eigenvalue weighted by molar-refractivity contribution is 0.0929. The van der Waals surface area contributed by atoms with Gasteiger partial charge >= 0.3 is 0 Å². The highest BCUT2D eigenvalue weighted by Crippen LogP contribution is 2.19. The minimum atomic E-state index is -4.09. The van der Waals surface area contributed by atoms with Crippen molar-refractivity contribution in [3.63, 3.8) is 0 Å². The lowest BCUT2D eigenvalue weighted by Crippen LogP contribution is -2.33. The normalized spacial score (nSPS) is 13.0. The molecule has 1 atom stereocenters. The van der Waals surface area contributed by atoms with E-state index in [0.29, 0.717) is 13.0 Å². The molecule has 0 aliphatic heterocycles. The van der Waals surface area contributed by atoms with E-state index >= 15 is 0 Å². The smallest absolute Gasteiger partial charge is 0.251 e. The zero-order valence-electron chi connectivity index (χ0n) is 12.1. The van der Waals surface area contributed by atoms with Crippen LogP contribution in [-0.4, -0.2) is 34.1 Å². The quantitative estimate of drug-likeness (QED) is 0.815. The van der Waals surface area contributed by atoms with E-state index in [2.05, 4.69) is 5.32 Å². The molecule has 1 aromatic rings. The molecule has 21 heavy (non-hydrogen) atoms. The number of hydrogen-bond acceptors (Lipinski definition) is 4. The summed E-state index contributed by atoms with van der Waals surface area (Å²) in [6, 6.07) is 1.87. The van der Waals surface area contributed by atoms with Crippen LogP contribution < -0.4 is 10.5 Å². The average molecular weight is 318 g/mol. The summed E-state index contributed by atoms with van der Waals surface area (Å²) >= 11 is 0. The van der Waals surface area contributed by atoms with Crippen molar-refractivity contribution >= 4 is 15.9 Å².